The largest absolute Gasteiger partial charge is 0.493 e. The number of methoxy groups -OCH3 is 2. The number of cyclic esters (lactones) is 1. The second kappa shape index (κ2) is 14.0. The first-order chi connectivity index (χ1) is 21.1. The highest BCUT2D eigenvalue weighted by Gasteiger charge is 2.38. The molecule has 9 heteroatoms. The summed E-state index contributed by atoms with van der Waals surface area (Å²) in [5, 5.41) is 4.10. The summed E-state index contributed by atoms with van der Waals surface area (Å²) in [5.41, 5.74) is 6.26. The highest BCUT2D eigenvalue weighted by Crippen LogP contribution is 2.42. The van der Waals surface area contributed by atoms with Gasteiger partial charge in [-0.25, -0.2) is 4.79 Å². The molecule has 1 aromatic heterocycles. The first kappa shape index (κ1) is 31.9. The van der Waals surface area contributed by atoms with Crippen LogP contribution in [0.3, 0.4) is 0 Å². The Balaban J connectivity index is 0.000000175. The van der Waals surface area contributed by atoms with Gasteiger partial charge in [-0.2, -0.15) is 0 Å². The van der Waals surface area contributed by atoms with E-state index >= 15 is 0 Å². The van der Waals surface area contributed by atoms with Gasteiger partial charge in [0.15, 0.2) is 11.5 Å². The highest BCUT2D eigenvalue weighted by atomic mass is 16.6. The van der Waals surface area contributed by atoms with Crippen LogP contribution in [0.4, 0.5) is 4.79 Å². The smallest absolute Gasteiger partial charge is 0.407 e. The second-order valence-electron chi connectivity index (χ2n) is 13.1. The Morgan fingerprint density at radius 3 is 2.55 bits per heavy atom. The van der Waals surface area contributed by atoms with E-state index in [0.29, 0.717) is 24.7 Å². The molecule has 3 aliphatic heterocycles. The lowest BCUT2D eigenvalue weighted by Crippen LogP contribution is -2.46. The number of carbonyl (C=O) groups is 2. The summed E-state index contributed by atoms with van der Waals surface area (Å²) in [6, 6.07) is 10.9. The van der Waals surface area contributed by atoms with E-state index in [1.54, 1.807) is 14.2 Å². The minimum atomic E-state index is -0.311. The lowest BCUT2D eigenvalue weighted by molar-refractivity contribution is -0.129. The number of hydrogen-bond donors (Lipinski definition) is 2. The molecule has 4 heterocycles. The number of H-pyrrole nitrogens is 1. The maximum atomic E-state index is 12.6. The van der Waals surface area contributed by atoms with Gasteiger partial charge < -0.3 is 29.4 Å². The predicted octanol–water partition coefficient (Wildman–Crippen LogP) is 5.16. The van der Waals surface area contributed by atoms with Crippen molar-refractivity contribution in [3.8, 4) is 11.5 Å². The third-order valence-corrected chi connectivity index (χ3v) is 9.05. The summed E-state index contributed by atoms with van der Waals surface area (Å²) >= 11 is 0. The zero-order chi connectivity index (χ0) is 31.4. The number of amides is 1. The van der Waals surface area contributed by atoms with Crippen molar-refractivity contribution in [1.29, 1.82) is 0 Å². The maximum Gasteiger partial charge on any atom is 0.407 e. The molecule has 9 nitrogen and oxygen atoms in total. The van der Waals surface area contributed by atoms with Crippen molar-refractivity contribution >= 4 is 22.8 Å². The quantitative estimate of drug-likeness (QED) is 0.348. The number of nitrogens with one attached hydrogen (secondary N) is 2. The van der Waals surface area contributed by atoms with Crippen LogP contribution in [0.5, 0.6) is 11.5 Å². The number of Topliss-reactive ketones (excluding diaryl/α,β-unsaturated/α-hetero) is 1. The summed E-state index contributed by atoms with van der Waals surface area (Å²) in [7, 11) is 7.50. The summed E-state index contributed by atoms with van der Waals surface area (Å²) in [6.07, 6.45) is 6.25. The molecule has 0 saturated carbocycles. The molecule has 0 aliphatic carbocycles. The van der Waals surface area contributed by atoms with E-state index in [4.69, 9.17) is 14.2 Å². The zero-order valence-electron chi connectivity index (χ0n) is 27.1. The van der Waals surface area contributed by atoms with Gasteiger partial charge in [0.2, 0.25) is 0 Å². The Labute approximate surface area is 261 Å². The van der Waals surface area contributed by atoms with E-state index in [9.17, 15) is 9.59 Å². The van der Waals surface area contributed by atoms with E-state index in [-0.39, 0.29) is 24.1 Å². The topological polar surface area (TPSA) is 96.1 Å². The van der Waals surface area contributed by atoms with Gasteiger partial charge in [-0.15, -0.1) is 0 Å². The van der Waals surface area contributed by atoms with Crippen LogP contribution < -0.4 is 14.8 Å². The summed E-state index contributed by atoms with van der Waals surface area (Å²) < 4.78 is 15.8. The van der Waals surface area contributed by atoms with Crippen LogP contribution in [0.2, 0.25) is 0 Å². The van der Waals surface area contributed by atoms with Crippen molar-refractivity contribution in [3.05, 3.63) is 58.8 Å². The number of carbonyl (C=O) groups excluding carboxylic acids is 2. The van der Waals surface area contributed by atoms with Gasteiger partial charge in [-0.3, -0.25) is 9.69 Å². The predicted molar refractivity (Wildman–Crippen MR) is 173 cm³/mol. The monoisotopic (exact) mass is 604 g/mol. The number of ketones is 1. The minimum Gasteiger partial charge on any atom is -0.493 e. The molecule has 2 N–H and O–H groups in total. The van der Waals surface area contributed by atoms with Crippen molar-refractivity contribution in [2.45, 2.75) is 58.0 Å². The number of alkyl carbamates (subject to hydrolysis) is 1. The molecule has 3 aromatic rings. The van der Waals surface area contributed by atoms with Gasteiger partial charge in [-0.1, -0.05) is 19.9 Å². The van der Waals surface area contributed by atoms with Gasteiger partial charge >= 0.3 is 6.09 Å². The van der Waals surface area contributed by atoms with Crippen molar-refractivity contribution in [3.63, 3.8) is 0 Å². The normalized spacial score (nSPS) is 21.4. The van der Waals surface area contributed by atoms with Crippen LogP contribution in [0.15, 0.2) is 36.5 Å². The van der Waals surface area contributed by atoms with Crippen LogP contribution in [-0.4, -0.2) is 87.3 Å². The lowest BCUT2D eigenvalue weighted by atomic mass is 9.80. The molecule has 2 aromatic carbocycles. The van der Waals surface area contributed by atoms with Gasteiger partial charge in [0.05, 0.1) is 20.3 Å². The van der Waals surface area contributed by atoms with Crippen molar-refractivity contribution < 1.29 is 23.8 Å². The molecule has 238 valence electrons. The van der Waals surface area contributed by atoms with Crippen LogP contribution >= 0.6 is 0 Å². The molecule has 3 atom stereocenters. The van der Waals surface area contributed by atoms with E-state index < -0.39 is 0 Å². The zero-order valence-corrected chi connectivity index (χ0v) is 27.1. The Morgan fingerprint density at radius 2 is 1.86 bits per heavy atom. The van der Waals surface area contributed by atoms with E-state index in [2.05, 4.69) is 84.6 Å². The van der Waals surface area contributed by atoms with Crippen LogP contribution in [0, 0.1) is 11.8 Å². The highest BCUT2D eigenvalue weighted by molar-refractivity contribution is 5.84. The van der Waals surface area contributed by atoms with Crippen LogP contribution in [-0.2, 0) is 28.8 Å². The third kappa shape index (κ3) is 7.38. The van der Waals surface area contributed by atoms with Crippen LogP contribution in [0.25, 0.3) is 10.9 Å². The number of ether oxygens (including phenoxy) is 3. The molecule has 2 fully saturated rings. The second-order valence-corrected chi connectivity index (χ2v) is 13.1. The summed E-state index contributed by atoms with van der Waals surface area (Å²) in [6.45, 7) is 7.80. The molecular formula is C35H48N4O5. The molecule has 2 unspecified atom stereocenters. The fourth-order valence-corrected chi connectivity index (χ4v) is 6.78. The Bertz CT molecular complexity index is 1460. The van der Waals surface area contributed by atoms with Gasteiger partial charge in [0.25, 0.3) is 0 Å². The van der Waals surface area contributed by atoms with Gasteiger partial charge in [0.1, 0.15) is 12.4 Å². The summed E-state index contributed by atoms with van der Waals surface area (Å²) in [4.78, 5) is 31.7. The Kier molecular flexibility index (Phi) is 10.2. The number of likely N-dealkylation sites (N-methyl/N-ethyl adjacent to an activating group) is 1. The lowest BCUT2D eigenvalue weighted by Gasteiger charge is -2.43. The van der Waals surface area contributed by atoms with Crippen molar-refractivity contribution in [2.24, 2.45) is 11.8 Å². The molecular weight excluding hydrogens is 556 g/mol. The summed E-state index contributed by atoms with van der Waals surface area (Å²) in [5.74, 6) is 2.72. The number of rotatable bonds is 9. The average Bonchev–Trinajstić information content (AvgIpc) is 3.60. The third-order valence-electron chi connectivity index (χ3n) is 9.05. The molecule has 44 heavy (non-hydrogen) atoms. The first-order valence-electron chi connectivity index (χ1n) is 15.8. The molecule has 0 bridgehead atoms. The number of nitrogens with zero attached hydrogens (tertiary/aromatic N) is 2. The number of aromatic nitrogens is 1. The van der Waals surface area contributed by atoms with E-state index in [1.165, 1.54) is 33.2 Å². The maximum absolute atomic E-state index is 12.6. The molecule has 1 amide bonds. The van der Waals surface area contributed by atoms with E-state index in [1.807, 2.05) is 0 Å². The SMILES string of the molecule is CN(C)CCc1c[nH]c2ccc(C[C@H]3COC(=O)N3)cc12.COc1cc2c(cc1OC)C1CC(=O)C(CC(C)C)CN1CC2. The average molecular weight is 605 g/mol. The molecule has 3 aliphatic rings. The minimum absolute atomic E-state index is 0.0825. The fraction of sp³-hybridized carbons (Fsp3) is 0.543. The van der Waals surface area contributed by atoms with Crippen LogP contribution in [0.1, 0.15) is 55.0 Å². The Hall–Kier alpha value is -3.56. The number of fused-ring (bicyclic) bond motifs is 4. The number of piperidine rings is 1. The van der Waals surface area contributed by atoms with E-state index in [0.717, 1.165) is 56.8 Å². The number of hydrogen-bond acceptors (Lipinski definition) is 7. The fourth-order valence-electron chi connectivity index (χ4n) is 6.78. The van der Waals surface area contributed by atoms with Gasteiger partial charge in [0, 0.05) is 55.1 Å². The molecule has 0 spiro atoms. The number of aromatic amines is 1. The molecule has 6 rings (SSSR count). The van der Waals surface area contributed by atoms with Crippen molar-refractivity contribution in [2.75, 3.05) is 54.6 Å². The standard InChI is InChI=1S/C19H27NO3.C16H21N3O2/c1-12(2)7-14-11-20-6-5-13-8-18(22-3)19(23-4)9-15(13)16(20)10-17(14)21;1-19(2)6-5-12-9-17-15-4-3-11(8-14(12)15)7-13-10-21-16(20)18-13/h8-9,12,14,16H,5-7,10-11H2,1-4H3;3-4,8-9,13,17H,5-7,10H2,1-2H3,(H,18,20)/t;13-/m.0/s1. The number of benzene rings is 2. The van der Waals surface area contributed by atoms with Gasteiger partial charge in [-0.05, 0) is 92.2 Å². The Morgan fingerprint density at radius 1 is 1.09 bits per heavy atom. The molecule has 0 radical (unpaired) electrons. The molecule has 2 saturated heterocycles. The van der Waals surface area contributed by atoms with Crippen molar-refractivity contribution in [1.82, 2.24) is 20.1 Å². The first-order valence-corrected chi connectivity index (χ1v) is 15.8.